The van der Waals surface area contributed by atoms with Gasteiger partial charge in [0.1, 0.15) is 0 Å². The Balaban J connectivity index is 1.79. The Bertz CT molecular complexity index is 648. The average molecular weight is 216 g/mol. The quantitative estimate of drug-likeness (QED) is 0.661. The highest BCUT2D eigenvalue weighted by atomic mass is 14.3. The molecule has 0 N–H and O–H groups in total. The third-order valence-electron chi connectivity index (χ3n) is 3.74. The van der Waals surface area contributed by atoms with Gasteiger partial charge in [-0.25, -0.2) is 0 Å². The molecule has 0 aromatic heterocycles. The zero-order valence-electron chi connectivity index (χ0n) is 9.43. The van der Waals surface area contributed by atoms with E-state index in [4.69, 9.17) is 0 Å². The highest BCUT2D eigenvalue weighted by Crippen LogP contribution is 2.43. The number of benzene rings is 1. The molecule has 0 radical (unpaired) electrons. The molecule has 80 valence electrons. The zero-order chi connectivity index (χ0) is 11.2. The predicted octanol–water partition coefficient (Wildman–Crippen LogP) is 4.16. The molecule has 1 aromatic carbocycles. The van der Waals surface area contributed by atoms with Crippen molar-refractivity contribution in [1.82, 2.24) is 0 Å². The van der Waals surface area contributed by atoms with Gasteiger partial charge in [0.25, 0.3) is 0 Å². The average Bonchev–Trinajstić information content (AvgIpc) is 3.02. The van der Waals surface area contributed by atoms with Crippen LogP contribution in [-0.4, -0.2) is 0 Å². The summed E-state index contributed by atoms with van der Waals surface area (Å²) in [6.45, 7) is 0. The normalized spacial score (nSPS) is 23.3. The summed E-state index contributed by atoms with van der Waals surface area (Å²) < 4.78 is 0. The van der Waals surface area contributed by atoms with Crippen LogP contribution in [0, 0.1) is 0 Å². The van der Waals surface area contributed by atoms with E-state index < -0.39 is 0 Å². The highest BCUT2D eigenvalue weighted by molar-refractivity contribution is 5.72. The summed E-state index contributed by atoms with van der Waals surface area (Å²) in [5.41, 5.74) is 6.99. The first-order chi connectivity index (χ1) is 8.43. The standard InChI is InChI=1S/C17H12/c1-2-6-14-12(4-1)8-10-16(14)17-11-9-13-5-3-7-15(13)17/h1-11,16H. The van der Waals surface area contributed by atoms with Gasteiger partial charge in [0.15, 0.2) is 0 Å². The molecule has 4 rings (SSSR count). The molecular formula is C17H12. The maximum absolute atomic E-state index is 2.31. The van der Waals surface area contributed by atoms with E-state index in [0.717, 1.165) is 0 Å². The lowest BCUT2D eigenvalue weighted by Crippen LogP contribution is -1.98. The van der Waals surface area contributed by atoms with Crippen LogP contribution in [0.4, 0.5) is 0 Å². The lowest BCUT2D eigenvalue weighted by atomic mass is 9.89. The summed E-state index contributed by atoms with van der Waals surface area (Å²) in [4.78, 5) is 0. The summed E-state index contributed by atoms with van der Waals surface area (Å²) in [6.07, 6.45) is 15.6. The van der Waals surface area contributed by atoms with Crippen molar-refractivity contribution in [3.63, 3.8) is 0 Å². The van der Waals surface area contributed by atoms with Crippen molar-refractivity contribution in [3.05, 3.63) is 88.6 Å². The molecule has 0 saturated heterocycles. The molecule has 1 aromatic rings. The van der Waals surface area contributed by atoms with E-state index in [9.17, 15) is 0 Å². The van der Waals surface area contributed by atoms with E-state index in [2.05, 4.69) is 66.8 Å². The molecule has 0 heteroatoms. The van der Waals surface area contributed by atoms with E-state index in [-0.39, 0.29) is 0 Å². The van der Waals surface area contributed by atoms with Crippen LogP contribution in [0.25, 0.3) is 6.08 Å². The van der Waals surface area contributed by atoms with Gasteiger partial charge < -0.3 is 0 Å². The Morgan fingerprint density at radius 1 is 0.882 bits per heavy atom. The van der Waals surface area contributed by atoms with Crippen molar-refractivity contribution in [3.8, 4) is 0 Å². The second kappa shape index (κ2) is 3.21. The highest BCUT2D eigenvalue weighted by Gasteiger charge is 2.26. The van der Waals surface area contributed by atoms with Crippen molar-refractivity contribution in [2.75, 3.05) is 0 Å². The molecule has 0 nitrogen and oxygen atoms in total. The van der Waals surface area contributed by atoms with Gasteiger partial charge in [0, 0.05) is 5.92 Å². The molecule has 0 aliphatic heterocycles. The van der Waals surface area contributed by atoms with Crippen LogP contribution in [0.5, 0.6) is 0 Å². The maximum atomic E-state index is 2.31. The van der Waals surface area contributed by atoms with Crippen molar-refractivity contribution in [2.24, 2.45) is 0 Å². The molecule has 0 fully saturated rings. The molecule has 17 heavy (non-hydrogen) atoms. The van der Waals surface area contributed by atoms with Gasteiger partial charge in [-0.2, -0.15) is 0 Å². The van der Waals surface area contributed by atoms with E-state index in [1.54, 1.807) is 0 Å². The van der Waals surface area contributed by atoms with E-state index >= 15 is 0 Å². The third kappa shape index (κ3) is 1.18. The van der Waals surface area contributed by atoms with Crippen LogP contribution in [0.2, 0.25) is 0 Å². The molecule has 1 atom stereocenters. The van der Waals surface area contributed by atoms with Crippen molar-refractivity contribution in [2.45, 2.75) is 5.92 Å². The molecule has 3 aliphatic rings. The number of rotatable bonds is 1. The summed E-state index contributed by atoms with van der Waals surface area (Å²) in [5, 5.41) is 0. The van der Waals surface area contributed by atoms with Crippen molar-refractivity contribution < 1.29 is 0 Å². The van der Waals surface area contributed by atoms with Gasteiger partial charge in [-0.15, -0.1) is 0 Å². The fraction of sp³-hybridized carbons (Fsp3) is 0.0588. The van der Waals surface area contributed by atoms with Gasteiger partial charge >= 0.3 is 0 Å². The first kappa shape index (κ1) is 9.00. The molecule has 0 bridgehead atoms. The van der Waals surface area contributed by atoms with Crippen LogP contribution in [0.1, 0.15) is 17.0 Å². The topological polar surface area (TPSA) is 0 Å². The second-order valence-electron chi connectivity index (χ2n) is 4.65. The van der Waals surface area contributed by atoms with Crippen LogP contribution < -0.4 is 0 Å². The fourth-order valence-electron chi connectivity index (χ4n) is 2.90. The number of fused-ring (bicyclic) bond motifs is 2. The molecule has 3 aliphatic carbocycles. The van der Waals surface area contributed by atoms with Crippen LogP contribution in [-0.2, 0) is 0 Å². The van der Waals surface area contributed by atoms with Gasteiger partial charge in [0.2, 0.25) is 0 Å². The predicted molar refractivity (Wildman–Crippen MR) is 71.6 cm³/mol. The summed E-state index contributed by atoms with van der Waals surface area (Å²) in [7, 11) is 0. The van der Waals surface area contributed by atoms with E-state index in [0.29, 0.717) is 5.92 Å². The third-order valence-corrected chi connectivity index (χ3v) is 3.74. The molecule has 0 spiro atoms. The van der Waals surface area contributed by atoms with Crippen LogP contribution >= 0.6 is 0 Å². The molecule has 0 amide bonds. The minimum absolute atomic E-state index is 0.436. The number of hydrogen-bond acceptors (Lipinski definition) is 0. The maximum Gasteiger partial charge on any atom is 0.0284 e. The van der Waals surface area contributed by atoms with E-state index in [1.165, 1.54) is 27.8 Å². The Morgan fingerprint density at radius 3 is 2.82 bits per heavy atom. The summed E-state index contributed by atoms with van der Waals surface area (Å²) in [6, 6.07) is 8.66. The summed E-state index contributed by atoms with van der Waals surface area (Å²) >= 11 is 0. The smallest absolute Gasteiger partial charge is 0.0284 e. The van der Waals surface area contributed by atoms with Crippen molar-refractivity contribution >= 4 is 6.08 Å². The number of hydrogen-bond donors (Lipinski definition) is 0. The van der Waals surface area contributed by atoms with Crippen LogP contribution in [0.3, 0.4) is 0 Å². The van der Waals surface area contributed by atoms with Gasteiger partial charge in [-0.1, -0.05) is 66.8 Å². The Hall–Kier alpha value is -2.08. The van der Waals surface area contributed by atoms with Gasteiger partial charge in [0.05, 0.1) is 0 Å². The molecule has 0 saturated carbocycles. The molecular weight excluding hydrogens is 204 g/mol. The zero-order valence-corrected chi connectivity index (χ0v) is 9.43. The Labute approximate surface area is 101 Å². The monoisotopic (exact) mass is 216 g/mol. The first-order valence-electron chi connectivity index (χ1n) is 6.01. The lowest BCUT2D eigenvalue weighted by molar-refractivity contribution is 1.04. The fourth-order valence-corrected chi connectivity index (χ4v) is 2.90. The minimum atomic E-state index is 0.436. The SMILES string of the molecule is C1=CC2=CC=C(C3C=Cc4ccccc43)C2=C1. The Kier molecular flexibility index (Phi) is 1.70. The van der Waals surface area contributed by atoms with Gasteiger partial charge in [-0.05, 0) is 27.8 Å². The van der Waals surface area contributed by atoms with Crippen molar-refractivity contribution in [1.29, 1.82) is 0 Å². The first-order valence-corrected chi connectivity index (χ1v) is 6.01. The minimum Gasteiger partial charge on any atom is -0.0720 e. The van der Waals surface area contributed by atoms with Gasteiger partial charge in [-0.3, -0.25) is 0 Å². The number of allylic oxidation sites excluding steroid dienone is 9. The summed E-state index contributed by atoms with van der Waals surface area (Å²) in [5.74, 6) is 0.436. The molecule has 0 heterocycles. The Morgan fingerprint density at radius 2 is 1.82 bits per heavy atom. The second-order valence-corrected chi connectivity index (χ2v) is 4.65. The van der Waals surface area contributed by atoms with Crippen LogP contribution in [0.15, 0.2) is 77.4 Å². The lowest BCUT2D eigenvalue weighted by Gasteiger charge is -2.14. The van der Waals surface area contributed by atoms with E-state index in [1.807, 2.05) is 0 Å². The molecule has 1 unspecified atom stereocenters. The largest absolute Gasteiger partial charge is 0.0720 e.